The Balaban J connectivity index is 1.92. The van der Waals surface area contributed by atoms with Crippen LogP contribution in [0.15, 0.2) is 0 Å². The van der Waals surface area contributed by atoms with Crippen LogP contribution in [0.1, 0.15) is 58.8 Å². The van der Waals surface area contributed by atoms with Gasteiger partial charge in [0.15, 0.2) is 0 Å². The van der Waals surface area contributed by atoms with Crippen LogP contribution < -0.4 is 10.6 Å². The SMILES string of the molecule is CCC1(C(=O)N[C@@H](C)C2CCCC2)CCNCC1. The lowest BCUT2D eigenvalue weighted by Gasteiger charge is -2.37. The van der Waals surface area contributed by atoms with Gasteiger partial charge < -0.3 is 10.6 Å². The average Bonchev–Trinajstić information content (AvgIpc) is 2.93. The van der Waals surface area contributed by atoms with Crippen molar-refractivity contribution in [3.05, 3.63) is 0 Å². The second-order valence-corrected chi connectivity index (χ2v) is 6.19. The minimum atomic E-state index is -0.0991. The molecule has 0 aromatic carbocycles. The van der Waals surface area contributed by atoms with Crippen LogP contribution >= 0.6 is 0 Å². The Hall–Kier alpha value is -0.570. The van der Waals surface area contributed by atoms with Crippen molar-refractivity contribution in [1.82, 2.24) is 10.6 Å². The van der Waals surface area contributed by atoms with Crippen LogP contribution in [0.5, 0.6) is 0 Å². The molecule has 3 heteroatoms. The number of hydrogen-bond acceptors (Lipinski definition) is 2. The van der Waals surface area contributed by atoms with Gasteiger partial charge in [-0.15, -0.1) is 0 Å². The van der Waals surface area contributed by atoms with E-state index >= 15 is 0 Å². The highest BCUT2D eigenvalue weighted by atomic mass is 16.2. The Morgan fingerprint density at radius 2 is 1.94 bits per heavy atom. The van der Waals surface area contributed by atoms with Gasteiger partial charge in [0.05, 0.1) is 5.41 Å². The first-order valence-electron chi connectivity index (χ1n) is 7.69. The summed E-state index contributed by atoms with van der Waals surface area (Å²) in [5, 5.41) is 6.67. The molecule has 2 rings (SSSR count). The zero-order chi connectivity index (χ0) is 13.0. The van der Waals surface area contributed by atoms with Crippen molar-refractivity contribution in [2.75, 3.05) is 13.1 Å². The highest BCUT2D eigenvalue weighted by molar-refractivity contribution is 5.83. The minimum absolute atomic E-state index is 0.0991. The van der Waals surface area contributed by atoms with E-state index in [9.17, 15) is 4.79 Å². The summed E-state index contributed by atoms with van der Waals surface area (Å²) in [6.45, 7) is 6.32. The third-order valence-electron chi connectivity index (χ3n) is 5.18. The molecule has 3 nitrogen and oxygen atoms in total. The van der Waals surface area contributed by atoms with Crippen molar-refractivity contribution in [1.29, 1.82) is 0 Å². The van der Waals surface area contributed by atoms with Gasteiger partial charge >= 0.3 is 0 Å². The maximum atomic E-state index is 12.6. The van der Waals surface area contributed by atoms with E-state index < -0.39 is 0 Å². The summed E-state index contributed by atoms with van der Waals surface area (Å²) in [6, 6.07) is 0.360. The molecule has 2 N–H and O–H groups in total. The summed E-state index contributed by atoms with van der Waals surface area (Å²) >= 11 is 0. The lowest BCUT2D eigenvalue weighted by Crippen LogP contribution is -2.50. The van der Waals surface area contributed by atoms with E-state index in [-0.39, 0.29) is 5.41 Å². The summed E-state index contributed by atoms with van der Waals surface area (Å²) in [5.74, 6) is 1.02. The minimum Gasteiger partial charge on any atom is -0.353 e. The van der Waals surface area contributed by atoms with Gasteiger partial charge in [0.2, 0.25) is 5.91 Å². The fourth-order valence-corrected chi connectivity index (χ4v) is 3.58. The standard InChI is InChI=1S/C15H28N2O/c1-3-15(8-10-16-11-9-15)14(18)17-12(2)13-6-4-5-7-13/h12-13,16H,3-11H2,1-2H3,(H,17,18)/t12-/m0/s1. The molecule has 0 aromatic heterocycles. The number of carbonyl (C=O) groups is 1. The molecule has 0 unspecified atom stereocenters. The van der Waals surface area contributed by atoms with Gasteiger partial charge in [-0.1, -0.05) is 19.8 Å². The molecule has 1 atom stereocenters. The first-order chi connectivity index (χ1) is 8.68. The monoisotopic (exact) mass is 252 g/mol. The van der Waals surface area contributed by atoms with Crippen molar-refractivity contribution < 1.29 is 4.79 Å². The van der Waals surface area contributed by atoms with Gasteiger partial charge in [-0.2, -0.15) is 0 Å². The van der Waals surface area contributed by atoms with E-state index in [4.69, 9.17) is 0 Å². The largest absolute Gasteiger partial charge is 0.353 e. The summed E-state index contributed by atoms with van der Waals surface area (Å²) in [7, 11) is 0. The van der Waals surface area contributed by atoms with E-state index in [0.29, 0.717) is 17.9 Å². The zero-order valence-corrected chi connectivity index (χ0v) is 11.9. The van der Waals surface area contributed by atoms with Crippen molar-refractivity contribution in [3.63, 3.8) is 0 Å². The maximum Gasteiger partial charge on any atom is 0.226 e. The van der Waals surface area contributed by atoms with Crippen molar-refractivity contribution in [2.45, 2.75) is 64.8 Å². The van der Waals surface area contributed by atoms with Crippen LogP contribution in [-0.2, 0) is 4.79 Å². The molecule has 104 valence electrons. The molecule has 1 aliphatic carbocycles. The molecule has 0 bridgehead atoms. The van der Waals surface area contributed by atoms with Gasteiger partial charge in [0.25, 0.3) is 0 Å². The van der Waals surface area contributed by atoms with Crippen molar-refractivity contribution in [2.24, 2.45) is 11.3 Å². The lowest BCUT2D eigenvalue weighted by molar-refractivity contribution is -0.133. The van der Waals surface area contributed by atoms with Gasteiger partial charge in [0, 0.05) is 6.04 Å². The third kappa shape index (κ3) is 2.87. The predicted molar refractivity (Wildman–Crippen MR) is 74.4 cm³/mol. The van der Waals surface area contributed by atoms with Crippen LogP contribution in [0.3, 0.4) is 0 Å². The molecule has 2 aliphatic rings. The zero-order valence-electron chi connectivity index (χ0n) is 11.9. The number of nitrogens with one attached hydrogen (secondary N) is 2. The number of amides is 1. The Morgan fingerprint density at radius 1 is 1.33 bits per heavy atom. The second kappa shape index (κ2) is 6.05. The summed E-state index contributed by atoms with van der Waals surface area (Å²) in [6.07, 6.45) is 8.23. The molecule has 1 saturated heterocycles. The average molecular weight is 252 g/mol. The van der Waals surface area contributed by atoms with Crippen LogP contribution in [-0.4, -0.2) is 25.0 Å². The number of rotatable bonds is 4. The summed E-state index contributed by atoms with van der Waals surface area (Å²) in [4.78, 5) is 12.6. The van der Waals surface area contributed by atoms with Crippen LogP contribution in [0, 0.1) is 11.3 Å². The first kappa shape index (κ1) is 13.9. The van der Waals surface area contributed by atoms with Crippen molar-refractivity contribution in [3.8, 4) is 0 Å². The number of hydrogen-bond donors (Lipinski definition) is 2. The van der Waals surface area contributed by atoms with Gasteiger partial charge in [0.1, 0.15) is 0 Å². The molecule has 0 aromatic rings. The molecular formula is C15H28N2O. The van der Waals surface area contributed by atoms with E-state index in [2.05, 4.69) is 24.5 Å². The summed E-state index contributed by atoms with van der Waals surface area (Å²) < 4.78 is 0. The Bertz CT molecular complexity index is 278. The summed E-state index contributed by atoms with van der Waals surface area (Å²) in [5.41, 5.74) is -0.0991. The van der Waals surface area contributed by atoms with E-state index in [1.165, 1.54) is 25.7 Å². The van der Waals surface area contributed by atoms with Crippen LogP contribution in [0.2, 0.25) is 0 Å². The van der Waals surface area contributed by atoms with Gasteiger partial charge in [-0.3, -0.25) is 4.79 Å². The molecular weight excluding hydrogens is 224 g/mol. The van der Waals surface area contributed by atoms with E-state index in [0.717, 1.165) is 32.4 Å². The molecule has 1 saturated carbocycles. The van der Waals surface area contributed by atoms with Gasteiger partial charge in [-0.25, -0.2) is 0 Å². The maximum absolute atomic E-state index is 12.6. The highest BCUT2D eigenvalue weighted by Gasteiger charge is 2.38. The normalized spacial score (nSPS) is 25.9. The topological polar surface area (TPSA) is 41.1 Å². The fraction of sp³-hybridized carbons (Fsp3) is 0.933. The van der Waals surface area contributed by atoms with Gasteiger partial charge in [-0.05, 0) is 58.0 Å². The Morgan fingerprint density at radius 3 is 2.50 bits per heavy atom. The molecule has 0 spiro atoms. The molecule has 1 heterocycles. The smallest absolute Gasteiger partial charge is 0.226 e. The second-order valence-electron chi connectivity index (χ2n) is 6.19. The number of piperidine rings is 1. The molecule has 0 radical (unpaired) electrons. The quantitative estimate of drug-likeness (QED) is 0.807. The Labute approximate surface area is 111 Å². The Kier molecular flexibility index (Phi) is 4.66. The molecule has 1 amide bonds. The number of carbonyl (C=O) groups excluding carboxylic acids is 1. The van der Waals surface area contributed by atoms with Crippen LogP contribution in [0.25, 0.3) is 0 Å². The predicted octanol–water partition coefficient (Wildman–Crippen LogP) is 2.46. The van der Waals surface area contributed by atoms with Crippen molar-refractivity contribution >= 4 is 5.91 Å². The molecule has 2 fully saturated rings. The fourth-order valence-electron chi connectivity index (χ4n) is 3.58. The van der Waals surface area contributed by atoms with E-state index in [1.54, 1.807) is 0 Å². The third-order valence-corrected chi connectivity index (χ3v) is 5.18. The lowest BCUT2D eigenvalue weighted by atomic mass is 9.75. The van der Waals surface area contributed by atoms with Crippen LogP contribution in [0.4, 0.5) is 0 Å². The first-order valence-corrected chi connectivity index (χ1v) is 7.69. The van der Waals surface area contributed by atoms with E-state index in [1.807, 2.05) is 0 Å². The highest BCUT2D eigenvalue weighted by Crippen LogP contribution is 2.34. The molecule has 1 aliphatic heterocycles. The molecule has 18 heavy (non-hydrogen) atoms.